The predicted molar refractivity (Wildman–Crippen MR) is 74.7 cm³/mol. The average molecular weight is 289 g/mol. The molecule has 0 aliphatic carbocycles. The quantitative estimate of drug-likeness (QED) is 0.764. The molecule has 1 saturated heterocycles. The number of hydrogen-bond acceptors (Lipinski definition) is 2. The second-order valence-electron chi connectivity index (χ2n) is 5.21. The van der Waals surface area contributed by atoms with Crippen LogP contribution < -0.4 is 4.74 Å². The number of para-hydroxylation sites is 1. The van der Waals surface area contributed by atoms with Crippen LogP contribution in [0.15, 0.2) is 18.2 Å². The second kappa shape index (κ2) is 5.68. The Morgan fingerprint density at radius 3 is 2.83 bits per heavy atom. The van der Waals surface area contributed by atoms with Gasteiger partial charge in [0, 0.05) is 5.56 Å². The van der Waals surface area contributed by atoms with Crippen molar-refractivity contribution in [1.82, 2.24) is 0 Å². The Morgan fingerprint density at radius 2 is 2.22 bits per heavy atom. The lowest BCUT2D eigenvalue weighted by atomic mass is 10.1. The molecule has 100 valence electrons. The van der Waals surface area contributed by atoms with Gasteiger partial charge in [-0.05, 0) is 32.8 Å². The van der Waals surface area contributed by atoms with Gasteiger partial charge in [0.05, 0.1) is 22.6 Å². The minimum Gasteiger partial charge on any atom is -0.489 e. The van der Waals surface area contributed by atoms with Gasteiger partial charge < -0.3 is 9.47 Å². The zero-order valence-corrected chi connectivity index (χ0v) is 12.2. The molecule has 0 bridgehead atoms. The lowest BCUT2D eigenvalue weighted by Crippen LogP contribution is -2.24. The van der Waals surface area contributed by atoms with Gasteiger partial charge in [0.15, 0.2) is 0 Å². The Bertz CT molecular complexity index is 418. The van der Waals surface area contributed by atoms with Crippen LogP contribution in [0.25, 0.3) is 0 Å². The van der Waals surface area contributed by atoms with Crippen LogP contribution in [0.1, 0.15) is 32.3 Å². The summed E-state index contributed by atoms with van der Waals surface area (Å²) in [4.78, 5) is 0. The summed E-state index contributed by atoms with van der Waals surface area (Å²) < 4.78 is 11.7. The van der Waals surface area contributed by atoms with Gasteiger partial charge in [-0.15, -0.1) is 11.6 Å². The number of alkyl halides is 1. The van der Waals surface area contributed by atoms with E-state index in [4.69, 9.17) is 32.7 Å². The molecule has 1 aliphatic heterocycles. The van der Waals surface area contributed by atoms with E-state index in [1.54, 1.807) is 0 Å². The fraction of sp³-hybridized carbons (Fsp3) is 0.571. The van der Waals surface area contributed by atoms with Crippen molar-refractivity contribution in [3.63, 3.8) is 0 Å². The van der Waals surface area contributed by atoms with Crippen LogP contribution in [0.5, 0.6) is 5.75 Å². The third-order valence-corrected chi connectivity index (χ3v) is 3.75. The number of benzene rings is 1. The normalized spacial score (nSPS) is 22.1. The van der Waals surface area contributed by atoms with Crippen LogP contribution in [0.3, 0.4) is 0 Å². The van der Waals surface area contributed by atoms with Crippen molar-refractivity contribution < 1.29 is 9.47 Å². The first-order valence-corrected chi connectivity index (χ1v) is 7.07. The molecule has 1 aromatic carbocycles. The summed E-state index contributed by atoms with van der Waals surface area (Å²) >= 11 is 12.0. The molecule has 2 nitrogen and oxygen atoms in total. The third kappa shape index (κ3) is 3.31. The minimum atomic E-state index is -0.0379. The van der Waals surface area contributed by atoms with Crippen LogP contribution in [0.4, 0.5) is 0 Å². The molecule has 1 fully saturated rings. The van der Waals surface area contributed by atoms with E-state index in [9.17, 15) is 0 Å². The van der Waals surface area contributed by atoms with Crippen molar-refractivity contribution in [2.24, 2.45) is 0 Å². The van der Waals surface area contributed by atoms with Crippen molar-refractivity contribution >= 4 is 23.2 Å². The molecule has 1 aliphatic rings. The van der Waals surface area contributed by atoms with E-state index in [0.29, 0.717) is 23.3 Å². The Morgan fingerprint density at radius 1 is 1.44 bits per heavy atom. The Hall–Kier alpha value is -0.440. The lowest BCUT2D eigenvalue weighted by molar-refractivity contribution is -0.0327. The first kappa shape index (κ1) is 14.0. The molecule has 18 heavy (non-hydrogen) atoms. The molecular formula is C14H18Cl2O2. The maximum atomic E-state index is 6.13. The van der Waals surface area contributed by atoms with Crippen LogP contribution in [-0.4, -0.2) is 18.3 Å². The third-order valence-electron chi connectivity index (χ3n) is 3.16. The molecule has 0 amide bonds. The largest absolute Gasteiger partial charge is 0.489 e. The highest BCUT2D eigenvalue weighted by Gasteiger charge is 2.32. The monoisotopic (exact) mass is 288 g/mol. The topological polar surface area (TPSA) is 18.5 Å². The van der Waals surface area contributed by atoms with Crippen molar-refractivity contribution in [3.8, 4) is 5.75 Å². The first-order chi connectivity index (χ1) is 8.52. The van der Waals surface area contributed by atoms with Crippen molar-refractivity contribution in [2.45, 2.75) is 44.3 Å². The Labute approximate surface area is 118 Å². The second-order valence-corrected chi connectivity index (χ2v) is 5.89. The predicted octanol–water partition coefficient (Wildman–Crippen LogP) is 4.42. The number of ether oxygens (including phenoxy) is 2. The highest BCUT2D eigenvalue weighted by molar-refractivity contribution is 6.32. The van der Waals surface area contributed by atoms with E-state index in [1.807, 2.05) is 18.2 Å². The molecular weight excluding hydrogens is 271 g/mol. The summed E-state index contributed by atoms with van der Waals surface area (Å²) in [6.45, 7) is 4.73. The van der Waals surface area contributed by atoms with E-state index in [1.165, 1.54) is 0 Å². The SMILES string of the molecule is CC1(C)CCC(COc2c(Cl)cccc2CCl)O1. The molecule has 1 atom stereocenters. The molecule has 0 N–H and O–H groups in total. The highest BCUT2D eigenvalue weighted by Crippen LogP contribution is 2.33. The van der Waals surface area contributed by atoms with E-state index >= 15 is 0 Å². The lowest BCUT2D eigenvalue weighted by Gasteiger charge is -2.20. The summed E-state index contributed by atoms with van der Waals surface area (Å²) in [6.07, 6.45) is 2.22. The molecule has 2 rings (SSSR count). The van der Waals surface area contributed by atoms with Gasteiger partial charge in [-0.1, -0.05) is 23.7 Å². The molecule has 1 heterocycles. The smallest absolute Gasteiger partial charge is 0.142 e. The van der Waals surface area contributed by atoms with Gasteiger partial charge in [-0.25, -0.2) is 0 Å². The van der Waals surface area contributed by atoms with E-state index in [-0.39, 0.29) is 11.7 Å². The van der Waals surface area contributed by atoms with Gasteiger partial charge in [-0.2, -0.15) is 0 Å². The van der Waals surface area contributed by atoms with Crippen LogP contribution in [0, 0.1) is 0 Å². The summed E-state index contributed by atoms with van der Waals surface area (Å²) in [5, 5.41) is 0.602. The van der Waals surface area contributed by atoms with Gasteiger partial charge >= 0.3 is 0 Å². The zero-order valence-electron chi connectivity index (χ0n) is 10.7. The molecule has 0 spiro atoms. The van der Waals surface area contributed by atoms with E-state index in [0.717, 1.165) is 18.4 Å². The summed E-state index contributed by atoms with van der Waals surface area (Å²) in [7, 11) is 0. The first-order valence-electron chi connectivity index (χ1n) is 6.16. The summed E-state index contributed by atoms with van der Waals surface area (Å²) in [5.41, 5.74) is 0.880. The molecule has 4 heteroatoms. The average Bonchev–Trinajstić information content (AvgIpc) is 2.67. The minimum absolute atomic E-state index is 0.0379. The standard InChI is InChI=1S/C14H18Cl2O2/c1-14(2)7-6-11(18-14)9-17-13-10(8-15)4-3-5-12(13)16/h3-5,11H,6-9H2,1-2H3. The van der Waals surface area contributed by atoms with Crippen LogP contribution >= 0.6 is 23.2 Å². The van der Waals surface area contributed by atoms with E-state index in [2.05, 4.69) is 13.8 Å². The van der Waals surface area contributed by atoms with Crippen molar-refractivity contribution in [1.29, 1.82) is 0 Å². The number of halogens is 2. The van der Waals surface area contributed by atoms with Crippen molar-refractivity contribution in [3.05, 3.63) is 28.8 Å². The summed E-state index contributed by atoms with van der Waals surface area (Å²) in [6, 6.07) is 5.61. The molecule has 0 radical (unpaired) electrons. The Kier molecular flexibility index (Phi) is 4.41. The van der Waals surface area contributed by atoms with Gasteiger partial charge in [0.1, 0.15) is 12.4 Å². The zero-order chi connectivity index (χ0) is 13.2. The van der Waals surface area contributed by atoms with Crippen LogP contribution in [0.2, 0.25) is 5.02 Å². The highest BCUT2D eigenvalue weighted by atomic mass is 35.5. The number of rotatable bonds is 4. The molecule has 1 aromatic rings. The Balaban J connectivity index is 1.98. The van der Waals surface area contributed by atoms with Gasteiger partial charge in [-0.3, -0.25) is 0 Å². The van der Waals surface area contributed by atoms with Crippen molar-refractivity contribution in [2.75, 3.05) is 6.61 Å². The molecule has 0 aromatic heterocycles. The van der Waals surface area contributed by atoms with Gasteiger partial charge in [0.25, 0.3) is 0 Å². The van der Waals surface area contributed by atoms with Crippen LogP contribution in [-0.2, 0) is 10.6 Å². The van der Waals surface area contributed by atoms with E-state index < -0.39 is 0 Å². The fourth-order valence-corrected chi connectivity index (χ4v) is 2.65. The fourth-order valence-electron chi connectivity index (χ4n) is 2.19. The van der Waals surface area contributed by atoms with Gasteiger partial charge in [0.2, 0.25) is 0 Å². The summed E-state index contributed by atoms with van der Waals surface area (Å²) in [5.74, 6) is 1.08. The molecule has 1 unspecified atom stereocenters. The maximum Gasteiger partial charge on any atom is 0.142 e. The number of hydrogen-bond donors (Lipinski definition) is 0. The molecule has 0 saturated carbocycles. The maximum absolute atomic E-state index is 6.13.